The fraction of sp³-hybridized carbons (Fsp3) is 0.941. The van der Waals surface area contributed by atoms with Crippen LogP contribution in [0.15, 0.2) is 0 Å². The molecule has 0 aromatic carbocycles. The Labute approximate surface area is 130 Å². The van der Waals surface area contributed by atoms with Crippen molar-refractivity contribution in [1.82, 2.24) is 15.1 Å². The SMILES string of the molecule is CC(C)NC(C)(C#N)CN1CCC(N2CCCCC2)CC1. The Morgan fingerprint density at radius 3 is 2.29 bits per heavy atom. The summed E-state index contributed by atoms with van der Waals surface area (Å²) in [5.74, 6) is 0. The Balaban J connectivity index is 1.79. The molecule has 0 radical (unpaired) electrons. The van der Waals surface area contributed by atoms with Gasteiger partial charge in [-0.2, -0.15) is 5.26 Å². The predicted octanol–water partition coefficient (Wildman–Crippen LogP) is 2.22. The van der Waals surface area contributed by atoms with E-state index in [1.165, 1.54) is 45.2 Å². The Hall–Kier alpha value is -0.630. The van der Waals surface area contributed by atoms with Gasteiger partial charge in [-0.3, -0.25) is 5.32 Å². The Morgan fingerprint density at radius 2 is 1.76 bits per heavy atom. The molecule has 4 nitrogen and oxygen atoms in total. The highest BCUT2D eigenvalue weighted by Gasteiger charge is 2.31. The van der Waals surface area contributed by atoms with E-state index < -0.39 is 5.54 Å². The molecule has 2 saturated heterocycles. The minimum atomic E-state index is -0.424. The minimum absolute atomic E-state index is 0.348. The van der Waals surface area contributed by atoms with Crippen molar-refractivity contribution < 1.29 is 0 Å². The van der Waals surface area contributed by atoms with Crippen molar-refractivity contribution in [3.05, 3.63) is 0 Å². The van der Waals surface area contributed by atoms with Crippen LogP contribution < -0.4 is 5.32 Å². The summed E-state index contributed by atoms with van der Waals surface area (Å²) in [6.07, 6.45) is 6.71. The van der Waals surface area contributed by atoms with Gasteiger partial charge in [-0.1, -0.05) is 6.42 Å². The molecule has 2 aliphatic heterocycles. The lowest BCUT2D eigenvalue weighted by Gasteiger charge is -2.42. The fourth-order valence-electron chi connectivity index (χ4n) is 3.92. The molecule has 2 aliphatic rings. The first-order valence-electron chi connectivity index (χ1n) is 8.68. The summed E-state index contributed by atoms with van der Waals surface area (Å²) in [5, 5.41) is 12.9. The molecule has 0 saturated carbocycles. The van der Waals surface area contributed by atoms with E-state index in [4.69, 9.17) is 0 Å². The van der Waals surface area contributed by atoms with Gasteiger partial charge < -0.3 is 9.80 Å². The number of likely N-dealkylation sites (tertiary alicyclic amines) is 2. The highest BCUT2D eigenvalue weighted by molar-refractivity contribution is 5.06. The second-order valence-corrected chi connectivity index (χ2v) is 7.35. The first-order valence-corrected chi connectivity index (χ1v) is 8.68. The third kappa shape index (κ3) is 4.95. The number of hydrogen-bond acceptors (Lipinski definition) is 4. The monoisotopic (exact) mass is 292 g/mol. The molecule has 2 fully saturated rings. The summed E-state index contributed by atoms with van der Waals surface area (Å²) in [6, 6.07) is 3.60. The summed E-state index contributed by atoms with van der Waals surface area (Å²) in [6.45, 7) is 12.0. The molecule has 0 spiro atoms. The molecule has 2 heterocycles. The van der Waals surface area contributed by atoms with E-state index in [2.05, 4.69) is 35.0 Å². The van der Waals surface area contributed by atoms with Crippen LogP contribution in [-0.4, -0.2) is 60.1 Å². The van der Waals surface area contributed by atoms with E-state index in [0.717, 1.165) is 25.7 Å². The lowest BCUT2D eigenvalue weighted by atomic mass is 9.97. The first kappa shape index (κ1) is 16.7. The van der Waals surface area contributed by atoms with Crippen molar-refractivity contribution in [2.24, 2.45) is 0 Å². The average molecular weight is 292 g/mol. The van der Waals surface area contributed by atoms with Crippen LogP contribution in [0.2, 0.25) is 0 Å². The van der Waals surface area contributed by atoms with Crippen LogP contribution in [0.5, 0.6) is 0 Å². The van der Waals surface area contributed by atoms with Crippen molar-refractivity contribution in [2.75, 3.05) is 32.7 Å². The number of nitrogens with zero attached hydrogens (tertiary/aromatic N) is 3. The normalized spacial score (nSPS) is 25.7. The van der Waals surface area contributed by atoms with Crippen molar-refractivity contribution in [2.45, 2.75) is 70.5 Å². The number of nitriles is 1. The lowest BCUT2D eigenvalue weighted by Crippen LogP contribution is -2.55. The van der Waals surface area contributed by atoms with Gasteiger partial charge in [0.2, 0.25) is 0 Å². The number of piperidine rings is 2. The van der Waals surface area contributed by atoms with Crippen molar-refractivity contribution in [3.63, 3.8) is 0 Å². The Morgan fingerprint density at radius 1 is 1.14 bits per heavy atom. The fourth-order valence-corrected chi connectivity index (χ4v) is 3.92. The van der Waals surface area contributed by atoms with E-state index in [1.807, 2.05) is 6.92 Å². The first-order chi connectivity index (χ1) is 10.0. The Bertz CT molecular complexity index is 348. The summed E-state index contributed by atoms with van der Waals surface area (Å²) in [7, 11) is 0. The maximum absolute atomic E-state index is 9.47. The lowest BCUT2D eigenvalue weighted by molar-refractivity contribution is 0.0835. The zero-order chi connectivity index (χ0) is 15.3. The van der Waals surface area contributed by atoms with Gasteiger partial charge in [0.1, 0.15) is 5.54 Å². The molecular formula is C17H32N4. The van der Waals surface area contributed by atoms with Crippen LogP contribution in [-0.2, 0) is 0 Å². The van der Waals surface area contributed by atoms with Gasteiger partial charge >= 0.3 is 0 Å². The van der Waals surface area contributed by atoms with Gasteiger partial charge in [0, 0.05) is 18.6 Å². The third-order valence-corrected chi connectivity index (χ3v) is 4.86. The maximum atomic E-state index is 9.47. The smallest absolute Gasteiger partial charge is 0.116 e. The highest BCUT2D eigenvalue weighted by atomic mass is 15.2. The topological polar surface area (TPSA) is 42.3 Å². The molecule has 1 N–H and O–H groups in total. The zero-order valence-electron chi connectivity index (χ0n) is 14.1. The summed E-state index contributed by atoms with van der Waals surface area (Å²) >= 11 is 0. The molecule has 120 valence electrons. The molecule has 0 aliphatic carbocycles. The zero-order valence-corrected chi connectivity index (χ0v) is 14.1. The highest BCUT2D eigenvalue weighted by Crippen LogP contribution is 2.22. The van der Waals surface area contributed by atoms with Gasteiger partial charge in [0.05, 0.1) is 6.07 Å². The number of hydrogen-bond donors (Lipinski definition) is 1. The van der Waals surface area contributed by atoms with E-state index in [-0.39, 0.29) is 0 Å². The minimum Gasteiger partial charge on any atom is -0.300 e. The van der Waals surface area contributed by atoms with Gasteiger partial charge in [0.25, 0.3) is 0 Å². The van der Waals surface area contributed by atoms with Crippen molar-refractivity contribution in [3.8, 4) is 6.07 Å². The molecule has 1 atom stereocenters. The Kier molecular flexibility index (Phi) is 6.04. The summed E-state index contributed by atoms with van der Waals surface area (Å²) < 4.78 is 0. The van der Waals surface area contributed by atoms with Crippen molar-refractivity contribution in [1.29, 1.82) is 5.26 Å². The van der Waals surface area contributed by atoms with Crippen LogP contribution in [0.25, 0.3) is 0 Å². The molecule has 0 bridgehead atoms. The third-order valence-electron chi connectivity index (χ3n) is 4.86. The summed E-state index contributed by atoms with van der Waals surface area (Å²) in [5.41, 5.74) is -0.424. The van der Waals surface area contributed by atoms with Gasteiger partial charge in [-0.15, -0.1) is 0 Å². The summed E-state index contributed by atoms with van der Waals surface area (Å²) in [4.78, 5) is 5.18. The predicted molar refractivity (Wildman–Crippen MR) is 87.2 cm³/mol. The van der Waals surface area contributed by atoms with E-state index >= 15 is 0 Å². The van der Waals surface area contributed by atoms with E-state index in [0.29, 0.717) is 6.04 Å². The van der Waals surface area contributed by atoms with E-state index in [9.17, 15) is 5.26 Å². The molecule has 0 amide bonds. The number of nitrogens with one attached hydrogen (secondary N) is 1. The molecule has 0 aromatic heterocycles. The average Bonchev–Trinajstić information content (AvgIpc) is 2.48. The maximum Gasteiger partial charge on any atom is 0.116 e. The van der Waals surface area contributed by atoms with Gasteiger partial charge in [-0.25, -0.2) is 0 Å². The van der Waals surface area contributed by atoms with Crippen LogP contribution in [0.3, 0.4) is 0 Å². The molecule has 0 aromatic rings. The number of rotatable bonds is 5. The van der Waals surface area contributed by atoms with Gasteiger partial charge in [0.15, 0.2) is 0 Å². The van der Waals surface area contributed by atoms with E-state index in [1.54, 1.807) is 0 Å². The van der Waals surface area contributed by atoms with Crippen LogP contribution in [0, 0.1) is 11.3 Å². The second kappa shape index (κ2) is 7.58. The molecule has 1 unspecified atom stereocenters. The molecule has 4 heteroatoms. The molecule has 21 heavy (non-hydrogen) atoms. The van der Waals surface area contributed by atoms with Crippen LogP contribution in [0.4, 0.5) is 0 Å². The van der Waals surface area contributed by atoms with Gasteiger partial charge in [-0.05, 0) is 72.6 Å². The molecule has 2 rings (SSSR count). The largest absolute Gasteiger partial charge is 0.300 e. The second-order valence-electron chi connectivity index (χ2n) is 7.35. The standard InChI is InChI=1S/C17H32N4/c1-15(2)19-17(3,13-18)14-20-11-7-16(8-12-20)21-9-5-4-6-10-21/h15-16,19H,4-12,14H2,1-3H3. The van der Waals surface area contributed by atoms with Crippen LogP contribution >= 0.6 is 0 Å². The van der Waals surface area contributed by atoms with Crippen LogP contribution in [0.1, 0.15) is 52.9 Å². The molecular weight excluding hydrogens is 260 g/mol. The quantitative estimate of drug-likeness (QED) is 0.844. The van der Waals surface area contributed by atoms with Crippen molar-refractivity contribution >= 4 is 0 Å².